The quantitative estimate of drug-likeness (QED) is 0.660. The third-order valence-corrected chi connectivity index (χ3v) is 2.29. The van der Waals surface area contributed by atoms with Crippen molar-refractivity contribution in [1.82, 2.24) is 10.2 Å². The molecule has 0 radical (unpaired) electrons. The monoisotopic (exact) mass is 184 g/mol. The van der Waals surface area contributed by atoms with Crippen molar-refractivity contribution < 1.29 is 9.59 Å². The van der Waals surface area contributed by atoms with E-state index in [2.05, 4.69) is 5.32 Å². The highest BCUT2D eigenvalue weighted by molar-refractivity contribution is 5.87. The summed E-state index contributed by atoms with van der Waals surface area (Å²) in [7, 11) is 1.78. The number of carbonyl (C=O) groups excluding carboxylic acids is 2. The predicted molar refractivity (Wildman–Crippen MR) is 49.3 cm³/mol. The van der Waals surface area contributed by atoms with Crippen LogP contribution in [0.25, 0.3) is 0 Å². The summed E-state index contributed by atoms with van der Waals surface area (Å²) in [4.78, 5) is 24.1. The minimum atomic E-state index is -0.0897. The highest BCUT2D eigenvalue weighted by atomic mass is 16.2. The molecule has 0 bridgehead atoms. The Morgan fingerprint density at radius 3 is 2.92 bits per heavy atom. The summed E-state index contributed by atoms with van der Waals surface area (Å²) in [5.41, 5.74) is 0. The van der Waals surface area contributed by atoms with Gasteiger partial charge in [-0.2, -0.15) is 0 Å². The number of ketones is 1. The lowest BCUT2D eigenvalue weighted by Crippen LogP contribution is -2.50. The van der Waals surface area contributed by atoms with Crippen LogP contribution < -0.4 is 5.32 Å². The summed E-state index contributed by atoms with van der Waals surface area (Å²) < 4.78 is 0. The van der Waals surface area contributed by atoms with Gasteiger partial charge >= 0.3 is 0 Å². The zero-order chi connectivity index (χ0) is 9.84. The first kappa shape index (κ1) is 10.2. The average Bonchev–Trinajstić information content (AvgIpc) is 2.08. The number of likely N-dealkylation sites (N-methyl/N-ethyl adjacent to an activating group) is 1. The first-order chi connectivity index (χ1) is 6.15. The van der Waals surface area contributed by atoms with Crippen LogP contribution in [0.4, 0.5) is 0 Å². The molecule has 74 valence electrons. The Morgan fingerprint density at radius 1 is 1.69 bits per heavy atom. The zero-order valence-corrected chi connectivity index (χ0v) is 8.17. The number of rotatable bonds is 3. The van der Waals surface area contributed by atoms with Gasteiger partial charge in [-0.3, -0.25) is 9.59 Å². The van der Waals surface area contributed by atoms with Gasteiger partial charge in [-0.1, -0.05) is 0 Å². The van der Waals surface area contributed by atoms with Gasteiger partial charge in [0.25, 0.3) is 0 Å². The Kier molecular flexibility index (Phi) is 3.42. The van der Waals surface area contributed by atoms with Gasteiger partial charge in [0.1, 0.15) is 5.78 Å². The van der Waals surface area contributed by atoms with Crippen LogP contribution in [-0.2, 0) is 9.59 Å². The van der Waals surface area contributed by atoms with E-state index in [0.717, 1.165) is 19.4 Å². The molecule has 1 amide bonds. The number of nitrogens with one attached hydrogen (secondary N) is 1. The van der Waals surface area contributed by atoms with E-state index in [9.17, 15) is 9.59 Å². The number of Topliss-reactive ketones (excluding diaryl/α,β-unsaturated/α-hetero) is 1. The SMILES string of the molecule is CN[C@@H]1CCCN(CC(C)=O)C1=O. The van der Waals surface area contributed by atoms with Crippen LogP contribution in [-0.4, -0.2) is 42.8 Å². The molecule has 4 nitrogen and oxygen atoms in total. The molecule has 1 fully saturated rings. The van der Waals surface area contributed by atoms with Crippen molar-refractivity contribution in [2.75, 3.05) is 20.1 Å². The third-order valence-electron chi connectivity index (χ3n) is 2.29. The molecule has 4 heteroatoms. The molecule has 0 spiro atoms. The molecule has 1 aliphatic heterocycles. The summed E-state index contributed by atoms with van der Waals surface area (Å²) in [6, 6.07) is -0.0897. The molecular formula is C9H16N2O2. The lowest BCUT2D eigenvalue weighted by atomic mass is 10.0. The normalized spacial score (nSPS) is 23.4. The fourth-order valence-electron chi connectivity index (χ4n) is 1.63. The molecule has 0 aromatic heterocycles. The summed E-state index contributed by atoms with van der Waals surface area (Å²) in [5.74, 6) is 0.106. The van der Waals surface area contributed by atoms with Gasteiger partial charge in [-0.15, -0.1) is 0 Å². The van der Waals surface area contributed by atoms with E-state index in [1.165, 1.54) is 6.92 Å². The number of likely N-dealkylation sites (tertiary alicyclic amines) is 1. The fourth-order valence-corrected chi connectivity index (χ4v) is 1.63. The molecule has 0 aromatic carbocycles. The molecule has 1 N–H and O–H groups in total. The third kappa shape index (κ3) is 2.52. The number of amides is 1. The molecular weight excluding hydrogens is 168 g/mol. The van der Waals surface area contributed by atoms with Gasteiger partial charge in [0.2, 0.25) is 5.91 Å². The second-order valence-electron chi connectivity index (χ2n) is 3.45. The highest BCUT2D eigenvalue weighted by Crippen LogP contribution is 2.10. The first-order valence-electron chi connectivity index (χ1n) is 4.60. The second-order valence-corrected chi connectivity index (χ2v) is 3.45. The van der Waals surface area contributed by atoms with Crippen molar-refractivity contribution in [3.8, 4) is 0 Å². The number of carbonyl (C=O) groups is 2. The number of hydrogen-bond acceptors (Lipinski definition) is 3. The molecule has 0 unspecified atom stereocenters. The van der Waals surface area contributed by atoms with Crippen LogP contribution in [0, 0.1) is 0 Å². The van der Waals surface area contributed by atoms with E-state index in [-0.39, 0.29) is 24.3 Å². The molecule has 13 heavy (non-hydrogen) atoms. The van der Waals surface area contributed by atoms with Crippen molar-refractivity contribution in [3.05, 3.63) is 0 Å². The molecule has 0 aromatic rings. The zero-order valence-electron chi connectivity index (χ0n) is 8.17. The topological polar surface area (TPSA) is 49.4 Å². The Labute approximate surface area is 78.3 Å². The summed E-state index contributed by atoms with van der Waals surface area (Å²) in [5, 5.41) is 2.95. The van der Waals surface area contributed by atoms with E-state index in [0.29, 0.717) is 0 Å². The van der Waals surface area contributed by atoms with Crippen molar-refractivity contribution in [1.29, 1.82) is 0 Å². The van der Waals surface area contributed by atoms with Crippen LogP contribution in [0.5, 0.6) is 0 Å². The van der Waals surface area contributed by atoms with Crippen LogP contribution in [0.2, 0.25) is 0 Å². The predicted octanol–water partition coefficient (Wildman–Crippen LogP) is -0.214. The maximum absolute atomic E-state index is 11.6. The number of piperidine rings is 1. The Balaban J connectivity index is 2.54. The molecule has 1 rings (SSSR count). The molecule has 1 atom stereocenters. The van der Waals surface area contributed by atoms with E-state index in [1.807, 2.05) is 0 Å². The molecule has 1 saturated heterocycles. The summed E-state index contributed by atoms with van der Waals surface area (Å²) in [6.07, 6.45) is 1.86. The largest absolute Gasteiger partial charge is 0.334 e. The van der Waals surface area contributed by atoms with Crippen molar-refractivity contribution in [3.63, 3.8) is 0 Å². The van der Waals surface area contributed by atoms with Gasteiger partial charge in [-0.25, -0.2) is 0 Å². The maximum Gasteiger partial charge on any atom is 0.240 e. The first-order valence-corrected chi connectivity index (χ1v) is 4.60. The molecule has 1 aliphatic rings. The lowest BCUT2D eigenvalue weighted by Gasteiger charge is -2.31. The van der Waals surface area contributed by atoms with Gasteiger partial charge in [-0.05, 0) is 26.8 Å². The molecule has 0 aliphatic carbocycles. The van der Waals surface area contributed by atoms with E-state index in [4.69, 9.17) is 0 Å². The highest BCUT2D eigenvalue weighted by Gasteiger charge is 2.27. The summed E-state index contributed by atoms with van der Waals surface area (Å²) >= 11 is 0. The Morgan fingerprint density at radius 2 is 2.38 bits per heavy atom. The molecule has 1 heterocycles. The standard InChI is InChI=1S/C9H16N2O2/c1-7(12)6-11-5-3-4-8(10-2)9(11)13/h8,10H,3-6H2,1-2H3/t8-/m1/s1. The van der Waals surface area contributed by atoms with Crippen molar-refractivity contribution in [2.24, 2.45) is 0 Å². The maximum atomic E-state index is 11.6. The smallest absolute Gasteiger partial charge is 0.240 e. The van der Waals surface area contributed by atoms with E-state index < -0.39 is 0 Å². The Hall–Kier alpha value is -0.900. The molecule has 0 saturated carbocycles. The van der Waals surface area contributed by atoms with Gasteiger partial charge in [0.15, 0.2) is 0 Å². The Bertz CT molecular complexity index is 216. The summed E-state index contributed by atoms with van der Waals surface area (Å²) in [6.45, 7) is 2.49. The van der Waals surface area contributed by atoms with E-state index >= 15 is 0 Å². The van der Waals surface area contributed by atoms with Crippen LogP contribution in [0.15, 0.2) is 0 Å². The minimum Gasteiger partial charge on any atom is -0.334 e. The van der Waals surface area contributed by atoms with Crippen molar-refractivity contribution in [2.45, 2.75) is 25.8 Å². The van der Waals surface area contributed by atoms with Crippen LogP contribution in [0.1, 0.15) is 19.8 Å². The number of nitrogens with zero attached hydrogens (tertiary/aromatic N) is 1. The van der Waals surface area contributed by atoms with Crippen molar-refractivity contribution >= 4 is 11.7 Å². The van der Waals surface area contributed by atoms with Gasteiger partial charge in [0, 0.05) is 6.54 Å². The van der Waals surface area contributed by atoms with Gasteiger partial charge < -0.3 is 10.2 Å². The lowest BCUT2D eigenvalue weighted by molar-refractivity contribution is -0.138. The number of hydrogen-bond donors (Lipinski definition) is 1. The van der Waals surface area contributed by atoms with Crippen LogP contribution >= 0.6 is 0 Å². The van der Waals surface area contributed by atoms with E-state index in [1.54, 1.807) is 11.9 Å². The average molecular weight is 184 g/mol. The second kappa shape index (κ2) is 4.37. The van der Waals surface area contributed by atoms with Crippen LogP contribution in [0.3, 0.4) is 0 Å². The minimum absolute atomic E-state index is 0.0464. The van der Waals surface area contributed by atoms with Gasteiger partial charge in [0.05, 0.1) is 12.6 Å². The fraction of sp³-hybridized carbons (Fsp3) is 0.778.